The van der Waals surface area contributed by atoms with Crippen LogP contribution < -0.4 is 14.8 Å². The highest BCUT2D eigenvalue weighted by atomic mass is 19.2. The van der Waals surface area contributed by atoms with Crippen molar-refractivity contribution in [2.24, 2.45) is 0 Å². The average molecular weight is 648 g/mol. The molecule has 10 heteroatoms. The minimum Gasteiger partial charge on any atom is -0.492 e. The number of carbonyl (C=O) groups is 2. The lowest BCUT2D eigenvalue weighted by Crippen LogP contribution is -2.62. The number of piperazine rings is 1. The van der Waals surface area contributed by atoms with E-state index in [9.17, 15) is 22.8 Å². The summed E-state index contributed by atoms with van der Waals surface area (Å²) < 4.78 is 52.5. The van der Waals surface area contributed by atoms with E-state index in [4.69, 9.17) is 9.47 Å². The van der Waals surface area contributed by atoms with Crippen LogP contribution in [0.1, 0.15) is 49.3 Å². The number of hydrogen-bond acceptors (Lipinski definition) is 5. The van der Waals surface area contributed by atoms with Crippen molar-refractivity contribution in [1.29, 1.82) is 0 Å². The highest BCUT2D eigenvalue weighted by molar-refractivity contribution is 6.03. The van der Waals surface area contributed by atoms with Crippen molar-refractivity contribution in [2.75, 3.05) is 32.8 Å². The van der Waals surface area contributed by atoms with Crippen molar-refractivity contribution in [3.63, 3.8) is 0 Å². The number of aryl methyl sites for hydroxylation is 2. The molecule has 3 aromatic rings. The lowest BCUT2D eigenvalue weighted by Gasteiger charge is -2.44. The minimum absolute atomic E-state index is 0.00133. The van der Waals surface area contributed by atoms with E-state index in [1.54, 1.807) is 6.92 Å². The predicted molar refractivity (Wildman–Crippen MR) is 172 cm³/mol. The third-order valence-corrected chi connectivity index (χ3v) is 9.08. The molecule has 2 heterocycles. The molecular weight excluding hydrogens is 607 g/mol. The first-order chi connectivity index (χ1) is 22.7. The van der Waals surface area contributed by atoms with Gasteiger partial charge >= 0.3 is 0 Å². The van der Waals surface area contributed by atoms with E-state index >= 15 is 0 Å². The Balaban J connectivity index is 1.18. The normalized spacial score (nSPS) is 19.0. The second-order valence-corrected chi connectivity index (χ2v) is 12.7. The molecule has 47 heavy (non-hydrogen) atoms. The first-order valence-electron chi connectivity index (χ1n) is 16.3. The Morgan fingerprint density at radius 3 is 2.45 bits per heavy atom. The third-order valence-electron chi connectivity index (χ3n) is 9.08. The van der Waals surface area contributed by atoms with E-state index < -0.39 is 23.2 Å². The standard InChI is InChI=1S/C37H40F3N3O4/c1-23-5-3-7-29(19-23)46-18-16-43(28-12-13-28)37(45)34-30(20-27-21-42(24(2)44)22-33(34)41-27)26-10-8-25(9-11-26)6-4-17-47-36-32(39)15-14-31(38)35(36)40/h3,5,7-11,14-15,19,27-28,33,41H,4,6,12-13,16-18,20-22H2,1-2H3/t27?,33-/m1/s1. The number of rotatable bonds is 12. The molecule has 2 aliphatic heterocycles. The van der Waals surface area contributed by atoms with Gasteiger partial charge in [-0.1, -0.05) is 36.4 Å². The first kappa shape index (κ1) is 32.6. The van der Waals surface area contributed by atoms with Crippen LogP contribution in [0.3, 0.4) is 0 Å². The van der Waals surface area contributed by atoms with Crippen molar-refractivity contribution < 1.29 is 32.2 Å². The van der Waals surface area contributed by atoms with E-state index in [0.717, 1.165) is 53.0 Å². The molecule has 2 bridgehead atoms. The smallest absolute Gasteiger partial charge is 0.252 e. The van der Waals surface area contributed by atoms with Crippen molar-refractivity contribution in [3.8, 4) is 11.5 Å². The van der Waals surface area contributed by atoms with Gasteiger partial charge in [-0.15, -0.1) is 0 Å². The Morgan fingerprint density at radius 2 is 1.72 bits per heavy atom. The molecule has 1 saturated carbocycles. The second kappa shape index (κ2) is 14.2. The molecule has 1 N–H and O–H groups in total. The molecule has 1 aliphatic carbocycles. The van der Waals surface area contributed by atoms with Crippen LogP contribution in [0, 0.1) is 24.4 Å². The van der Waals surface area contributed by atoms with Gasteiger partial charge in [0.15, 0.2) is 17.4 Å². The second-order valence-electron chi connectivity index (χ2n) is 12.7. The summed E-state index contributed by atoms with van der Waals surface area (Å²) in [4.78, 5) is 30.6. The number of hydrogen-bond donors (Lipinski definition) is 1. The summed E-state index contributed by atoms with van der Waals surface area (Å²) in [5.74, 6) is -3.37. The lowest BCUT2D eigenvalue weighted by molar-refractivity contribution is -0.132. The van der Waals surface area contributed by atoms with Gasteiger partial charge in [-0.05, 0) is 85.6 Å². The fraction of sp³-hybridized carbons (Fsp3) is 0.405. The Kier molecular flexibility index (Phi) is 9.87. The lowest BCUT2D eigenvalue weighted by atomic mass is 9.82. The zero-order valence-corrected chi connectivity index (χ0v) is 26.7. The number of amides is 2. The van der Waals surface area contributed by atoms with Crippen molar-refractivity contribution in [2.45, 2.75) is 64.1 Å². The van der Waals surface area contributed by atoms with Gasteiger partial charge < -0.3 is 24.6 Å². The molecule has 3 aromatic carbocycles. The topological polar surface area (TPSA) is 71.1 Å². The minimum atomic E-state index is -1.33. The van der Waals surface area contributed by atoms with Crippen LogP contribution in [0.2, 0.25) is 0 Å². The van der Waals surface area contributed by atoms with E-state index in [-0.39, 0.29) is 36.5 Å². The highest BCUT2D eigenvalue weighted by Gasteiger charge is 2.42. The number of halogens is 3. The van der Waals surface area contributed by atoms with Crippen molar-refractivity contribution in [1.82, 2.24) is 15.1 Å². The predicted octanol–water partition coefficient (Wildman–Crippen LogP) is 5.84. The van der Waals surface area contributed by atoms with Crippen LogP contribution in [-0.4, -0.2) is 72.6 Å². The van der Waals surface area contributed by atoms with E-state index in [1.807, 2.05) is 65.3 Å². The molecule has 2 atom stereocenters. The van der Waals surface area contributed by atoms with Gasteiger partial charge in [0.1, 0.15) is 12.4 Å². The first-order valence-corrected chi connectivity index (χ1v) is 16.3. The molecule has 2 fully saturated rings. The van der Waals surface area contributed by atoms with Crippen LogP contribution in [0.4, 0.5) is 13.2 Å². The number of nitrogens with zero attached hydrogens (tertiary/aromatic N) is 2. The van der Waals surface area contributed by atoms with Crippen LogP contribution in [0.5, 0.6) is 11.5 Å². The molecular formula is C37H40F3N3O4. The molecule has 2 amide bonds. The number of nitrogens with one attached hydrogen (secondary N) is 1. The fourth-order valence-corrected chi connectivity index (χ4v) is 6.55. The highest BCUT2D eigenvalue weighted by Crippen LogP contribution is 2.37. The van der Waals surface area contributed by atoms with Gasteiger partial charge in [0.05, 0.1) is 19.2 Å². The summed E-state index contributed by atoms with van der Waals surface area (Å²) in [5.41, 5.74) is 4.75. The molecule has 3 aliphatic rings. The summed E-state index contributed by atoms with van der Waals surface area (Å²) >= 11 is 0. The number of carbonyl (C=O) groups excluding carboxylic acids is 2. The van der Waals surface area contributed by atoms with Crippen LogP contribution in [0.25, 0.3) is 5.57 Å². The van der Waals surface area contributed by atoms with Gasteiger partial charge in [-0.2, -0.15) is 4.39 Å². The van der Waals surface area contributed by atoms with E-state index in [0.29, 0.717) is 51.1 Å². The van der Waals surface area contributed by atoms with Gasteiger partial charge in [0.2, 0.25) is 11.7 Å². The monoisotopic (exact) mass is 647 g/mol. The molecule has 6 rings (SSSR count). The Bertz CT molecular complexity index is 1660. The number of fused-ring (bicyclic) bond motifs is 2. The summed E-state index contributed by atoms with van der Waals surface area (Å²) in [7, 11) is 0. The Hall–Kier alpha value is -4.31. The average Bonchev–Trinajstić information content (AvgIpc) is 3.90. The van der Waals surface area contributed by atoms with Gasteiger partial charge in [0, 0.05) is 37.7 Å². The number of benzene rings is 3. The molecule has 1 saturated heterocycles. The van der Waals surface area contributed by atoms with Gasteiger partial charge in [0.25, 0.3) is 5.91 Å². The Labute approximate surface area is 273 Å². The third kappa shape index (κ3) is 7.64. The summed E-state index contributed by atoms with van der Waals surface area (Å²) in [6.07, 6.45) is 3.57. The maximum Gasteiger partial charge on any atom is 0.252 e. The Morgan fingerprint density at radius 1 is 0.957 bits per heavy atom. The zero-order valence-electron chi connectivity index (χ0n) is 26.7. The summed E-state index contributed by atoms with van der Waals surface area (Å²) in [6, 6.07) is 17.3. The SMILES string of the molecule is CC(=O)N1CC2CC(c3ccc(CCCOc4c(F)ccc(F)c4F)cc3)=C(C(=O)N(CCOc3cccc(C)c3)C3CC3)[C@@H](C1)N2. The molecule has 7 nitrogen and oxygen atoms in total. The van der Waals surface area contributed by atoms with Crippen LogP contribution >= 0.6 is 0 Å². The summed E-state index contributed by atoms with van der Waals surface area (Å²) in [6.45, 7) is 5.46. The molecule has 0 aromatic heterocycles. The van der Waals surface area contributed by atoms with Crippen molar-refractivity contribution in [3.05, 3.63) is 100 Å². The van der Waals surface area contributed by atoms with Gasteiger partial charge in [-0.25, -0.2) is 8.78 Å². The molecule has 1 unspecified atom stereocenters. The maximum atomic E-state index is 14.4. The quantitative estimate of drug-likeness (QED) is 0.198. The van der Waals surface area contributed by atoms with E-state index in [2.05, 4.69) is 5.32 Å². The largest absolute Gasteiger partial charge is 0.492 e. The van der Waals surface area contributed by atoms with Crippen molar-refractivity contribution >= 4 is 17.4 Å². The van der Waals surface area contributed by atoms with E-state index in [1.165, 1.54) is 0 Å². The molecule has 248 valence electrons. The van der Waals surface area contributed by atoms with Crippen LogP contribution in [0.15, 0.2) is 66.2 Å². The zero-order chi connectivity index (χ0) is 33.1. The molecule has 0 spiro atoms. The fourth-order valence-electron chi connectivity index (χ4n) is 6.55. The van der Waals surface area contributed by atoms with Crippen LogP contribution in [-0.2, 0) is 16.0 Å². The maximum absolute atomic E-state index is 14.4. The molecule has 0 radical (unpaired) electrons. The summed E-state index contributed by atoms with van der Waals surface area (Å²) in [5, 5.41) is 3.62. The van der Waals surface area contributed by atoms with Gasteiger partial charge in [-0.3, -0.25) is 9.59 Å². The number of ether oxygens (including phenoxy) is 2.